The van der Waals surface area contributed by atoms with Crippen LogP contribution in [0.5, 0.6) is 11.5 Å². The Morgan fingerprint density at radius 2 is 1.84 bits per heavy atom. The molecule has 2 amide bonds. The number of ether oxygens (including phenoxy) is 3. The van der Waals surface area contributed by atoms with Crippen molar-refractivity contribution in [3.63, 3.8) is 0 Å². The molecule has 7 nitrogen and oxygen atoms in total. The predicted octanol–water partition coefficient (Wildman–Crippen LogP) is 4.16. The Balaban J connectivity index is 1.84. The number of hydrogen-bond acceptors (Lipinski definition) is 7. The van der Waals surface area contributed by atoms with Gasteiger partial charge in [0.15, 0.2) is 0 Å². The smallest absolute Gasteiger partial charge is 0.278 e. The molecule has 31 heavy (non-hydrogen) atoms. The average molecular weight is 445 g/mol. The van der Waals surface area contributed by atoms with Crippen molar-refractivity contribution in [2.75, 3.05) is 39.3 Å². The first-order valence-electron chi connectivity index (χ1n) is 10.3. The van der Waals surface area contributed by atoms with Crippen LogP contribution in [-0.2, 0) is 14.3 Å². The molecule has 0 unspecified atom stereocenters. The maximum Gasteiger partial charge on any atom is 0.278 e. The average Bonchev–Trinajstić information content (AvgIpc) is 3.38. The summed E-state index contributed by atoms with van der Waals surface area (Å²) >= 11 is 1.42. The second-order valence-electron chi connectivity index (χ2n) is 7.00. The lowest BCUT2D eigenvalue weighted by molar-refractivity contribution is -0.137. The van der Waals surface area contributed by atoms with Crippen LogP contribution in [-0.4, -0.2) is 50.7 Å². The zero-order valence-corrected chi connectivity index (χ0v) is 18.9. The number of nitrogens with zero attached hydrogens (tertiary/aromatic N) is 1. The van der Waals surface area contributed by atoms with Crippen LogP contribution in [0.4, 0.5) is 5.69 Å². The Labute approximate surface area is 186 Å². The Bertz CT molecular complexity index is 939. The largest absolute Gasteiger partial charge is 0.497 e. The van der Waals surface area contributed by atoms with Crippen molar-refractivity contribution in [3.05, 3.63) is 46.3 Å². The highest BCUT2D eigenvalue weighted by atomic mass is 32.1. The molecular formula is C23H28N2O5S. The summed E-state index contributed by atoms with van der Waals surface area (Å²) < 4.78 is 16.3. The van der Waals surface area contributed by atoms with Crippen molar-refractivity contribution in [2.24, 2.45) is 0 Å². The van der Waals surface area contributed by atoms with E-state index >= 15 is 0 Å². The molecule has 0 bridgehead atoms. The molecule has 1 aliphatic rings. The van der Waals surface area contributed by atoms with E-state index in [1.165, 1.54) is 16.2 Å². The first-order chi connectivity index (χ1) is 15.1. The fourth-order valence-corrected chi connectivity index (χ4v) is 4.03. The predicted molar refractivity (Wildman–Crippen MR) is 121 cm³/mol. The number of methoxy groups -OCH3 is 2. The molecule has 0 atom stereocenters. The first-order valence-corrected chi connectivity index (χ1v) is 11.2. The molecule has 166 valence electrons. The second kappa shape index (κ2) is 11.0. The van der Waals surface area contributed by atoms with Gasteiger partial charge in [0, 0.05) is 30.7 Å². The van der Waals surface area contributed by atoms with Crippen molar-refractivity contribution in [2.45, 2.75) is 26.2 Å². The van der Waals surface area contributed by atoms with Gasteiger partial charge in [-0.25, -0.2) is 0 Å². The minimum absolute atomic E-state index is 0.242. The van der Waals surface area contributed by atoms with E-state index in [-0.39, 0.29) is 17.5 Å². The Kier molecular flexibility index (Phi) is 8.08. The monoisotopic (exact) mass is 444 g/mol. The third kappa shape index (κ3) is 5.26. The highest BCUT2D eigenvalue weighted by molar-refractivity contribution is 7.11. The lowest BCUT2D eigenvalue weighted by Crippen LogP contribution is -2.34. The van der Waals surface area contributed by atoms with Crippen LogP contribution in [0, 0.1) is 0 Å². The number of anilines is 1. The lowest BCUT2D eigenvalue weighted by Gasteiger charge is -2.16. The quantitative estimate of drug-likeness (QED) is 0.391. The number of imide groups is 1. The van der Waals surface area contributed by atoms with E-state index in [1.54, 1.807) is 32.4 Å². The Hall–Kier alpha value is -2.84. The molecule has 1 N–H and O–H groups in total. The molecule has 0 radical (unpaired) electrons. The third-order valence-corrected chi connectivity index (χ3v) is 5.80. The zero-order chi connectivity index (χ0) is 22.2. The van der Waals surface area contributed by atoms with E-state index in [0.29, 0.717) is 48.9 Å². The number of carbonyl (C=O) groups is 2. The van der Waals surface area contributed by atoms with Gasteiger partial charge in [0.2, 0.25) is 0 Å². The number of amides is 2. The van der Waals surface area contributed by atoms with Gasteiger partial charge in [-0.1, -0.05) is 19.4 Å². The van der Waals surface area contributed by atoms with E-state index in [1.807, 2.05) is 17.5 Å². The second-order valence-corrected chi connectivity index (χ2v) is 7.95. The molecule has 1 aromatic heterocycles. The first kappa shape index (κ1) is 22.8. The van der Waals surface area contributed by atoms with Gasteiger partial charge in [-0.05, 0) is 36.4 Å². The van der Waals surface area contributed by atoms with Crippen molar-refractivity contribution < 1.29 is 23.8 Å². The van der Waals surface area contributed by atoms with Crippen LogP contribution in [0.3, 0.4) is 0 Å². The highest BCUT2D eigenvalue weighted by Gasteiger charge is 2.39. The summed E-state index contributed by atoms with van der Waals surface area (Å²) in [7, 11) is 3.12. The fraction of sp³-hybridized carbons (Fsp3) is 0.391. The van der Waals surface area contributed by atoms with Crippen LogP contribution < -0.4 is 14.8 Å². The molecule has 1 aliphatic heterocycles. The standard InChI is InChI=1S/C23H28N2O5S/c1-4-5-12-30-13-7-11-25-22(26)20(19-8-6-14-31-19)21(23(25)27)24-17-15-16(28-2)9-10-18(17)29-3/h6,8-10,14-15,24H,4-5,7,11-13H2,1-3H3. The summed E-state index contributed by atoms with van der Waals surface area (Å²) in [5.41, 5.74) is 1.17. The van der Waals surface area contributed by atoms with Crippen LogP contribution in [0.2, 0.25) is 0 Å². The van der Waals surface area contributed by atoms with Gasteiger partial charge in [-0.3, -0.25) is 14.5 Å². The number of carbonyl (C=O) groups excluding carboxylic acids is 2. The number of unbranched alkanes of at least 4 members (excludes halogenated alkanes) is 1. The Morgan fingerprint density at radius 3 is 2.52 bits per heavy atom. The molecule has 2 heterocycles. The van der Waals surface area contributed by atoms with E-state index in [0.717, 1.165) is 17.7 Å². The highest BCUT2D eigenvalue weighted by Crippen LogP contribution is 2.36. The van der Waals surface area contributed by atoms with Gasteiger partial charge >= 0.3 is 0 Å². The van der Waals surface area contributed by atoms with Crippen molar-refractivity contribution in [1.29, 1.82) is 0 Å². The number of rotatable bonds is 12. The van der Waals surface area contributed by atoms with E-state index in [9.17, 15) is 9.59 Å². The maximum absolute atomic E-state index is 13.2. The van der Waals surface area contributed by atoms with Crippen LogP contribution in [0.25, 0.3) is 5.57 Å². The molecule has 2 aromatic rings. The van der Waals surface area contributed by atoms with Crippen LogP contribution in [0.15, 0.2) is 41.4 Å². The van der Waals surface area contributed by atoms with Gasteiger partial charge < -0.3 is 19.5 Å². The van der Waals surface area contributed by atoms with Crippen LogP contribution in [0.1, 0.15) is 31.1 Å². The molecule has 0 saturated heterocycles. The number of hydrogen-bond donors (Lipinski definition) is 1. The number of thiophene rings is 1. The molecule has 0 saturated carbocycles. The normalized spacial score (nSPS) is 13.8. The third-order valence-electron chi connectivity index (χ3n) is 4.91. The van der Waals surface area contributed by atoms with Gasteiger partial charge in [-0.2, -0.15) is 0 Å². The van der Waals surface area contributed by atoms with Gasteiger partial charge in [0.05, 0.1) is 25.5 Å². The van der Waals surface area contributed by atoms with E-state index in [4.69, 9.17) is 14.2 Å². The van der Waals surface area contributed by atoms with Crippen molar-refractivity contribution in [1.82, 2.24) is 4.90 Å². The fourth-order valence-electron chi connectivity index (χ4n) is 3.26. The summed E-state index contributed by atoms with van der Waals surface area (Å²) in [6, 6.07) is 8.95. The SMILES string of the molecule is CCCCOCCCN1C(=O)C(Nc2cc(OC)ccc2OC)=C(c2cccs2)C1=O. The van der Waals surface area contributed by atoms with E-state index in [2.05, 4.69) is 12.2 Å². The van der Waals surface area contributed by atoms with Crippen molar-refractivity contribution >= 4 is 34.4 Å². The topological polar surface area (TPSA) is 77.1 Å². The zero-order valence-electron chi connectivity index (χ0n) is 18.1. The van der Waals surface area contributed by atoms with E-state index < -0.39 is 0 Å². The minimum atomic E-state index is -0.355. The summed E-state index contributed by atoms with van der Waals surface area (Å²) in [5.74, 6) is 0.499. The number of nitrogens with one attached hydrogen (secondary N) is 1. The molecule has 8 heteroatoms. The minimum Gasteiger partial charge on any atom is -0.497 e. The molecular weight excluding hydrogens is 416 g/mol. The summed E-state index contributed by atoms with van der Waals surface area (Å²) in [6.45, 7) is 3.62. The van der Waals surface area contributed by atoms with Crippen molar-refractivity contribution in [3.8, 4) is 11.5 Å². The molecule has 1 aromatic carbocycles. The van der Waals surface area contributed by atoms with Crippen LogP contribution >= 0.6 is 11.3 Å². The molecule has 0 aliphatic carbocycles. The summed E-state index contributed by atoms with van der Waals surface area (Å²) in [5, 5.41) is 5.02. The lowest BCUT2D eigenvalue weighted by atomic mass is 10.1. The molecule has 0 spiro atoms. The van der Waals surface area contributed by atoms with Gasteiger partial charge in [0.1, 0.15) is 17.2 Å². The molecule has 0 fully saturated rings. The van der Waals surface area contributed by atoms with Gasteiger partial charge in [0.25, 0.3) is 11.8 Å². The van der Waals surface area contributed by atoms with Gasteiger partial charge in [-0.15, -0.1) is 11.3 Å². The maximum atomic E-state index is 13.2. The molecule has 3 rings (SSSR count). The summed E-state index contributed by atoms with van der Waals surface area (Å²) in [6.07, 6.45) is 2.66. The number of benzene rings is 1. The Morgan fingerprint density at radius 1 is 1.03 bits per heavy atom. The summed E-state index contributed by atoms with van der Waals surface area (Å²) in [4.78, 5) is 28.4.